The van der Waals surface area contributed by atoms with Crippen LogP contribution in [0, 0.1) is 5.92 Å². The summed E-state index contributed by atoms with van der Waals surface area (Å²) in [6.45, 7) is 8.34. The maximum Gasteiger partial charge on any atom is 0.241 e. The number of carbonyl (C=O) groups is 3. The molecule has 0 bridgehead atoms. The molecule has 4 N–H and O–H groups in total. The van der Waals surface area contributed by atoms with Crippen LogP contribution < -0.4 is 16.4 Å². The number of nitrogens with one attached hydrogen (secondary N) is 2. The lowest BCUT2D eigenvalue weighted by Crippen LogP contribution is -2.40. The van der Waals surface area contributed by atoms with Gasteiger partial charge in [0.05, 0.1) is 0 Å². The number of rotatable bonds is 13. The minimum Gasteiger partial charge on any atom is -0.366 e. The average molecular weight is 368 g/mol. The molecular weight excluding hydrogens is 330 g/mol. The van der Waals surface area contributed by atoms with Gasteiger partial charge in [-0.05, 0) is 45.6 Å². The molecule has 0 radical (unpaired) electrons. The average Bonchev–Trinajstić information content (AvgIpc) is 2.52. The number of amides is 3. The third kappa shape index (κ3) is 15.7. The Morgan fingerprint density at radius 2 is 1.65 bits per heavy atom. The predicted octanol–water partition coefficient (Wildman–Crippen LogP) is 2.82. The summed E-state index contributed by atoms with van der Waals surface area (Å²) in [7, 11) is 0. The zero-order valence-corrected chi connectivity index (χ0v) is 16.9. The Morgan fingerprint density at radius 3 is 2.23 bits per heavy atom. The van der Waals surface area contributed by atoms with E-state index in [1.807, 2.05) is 20.8 Å². The van der Waals surface area contributed by atoms with Crippen molar-refractivity contribution in [2.45, 2.75) is 84.6 Å². The van der Waals surface area contributed by atoms with Gasteiger partial charge in [-0.3, -0.25) is 14.4 Å². The highest BCUT2D eigenvalue weighted by Crippen LogP contribution is 2.10. The van der Waals surface area contributed by atoms with Gasteiger partial charge in [0.25, 0.3) is 0 Å². The molecular formula is C20H37N3O3. The lowest BCUT2D eigenvalue weighted by Gasteiger charge is -2.21. The molecule has 0 saturated heterocycles. The zero-order valence-electron chi connectivity index (χ0n) is 16.9. The molecule has 0 aliphatic carbocycles. The van der Waals surface area contributed by atoms with Crippen LogP contribution in [-0.4, -0.2) is 29.8 Å². The molecule has 1 unspecified atom stereocenters. The van der Waals surface area contributed by atoms with Gasteiger partial charge in [0.15, 0.2) is 0 Å². The van der Waals surface area contributed by atoms with Crippen molar-refractivity contribution < 1.29 is 14.4 Å². The first-order chi connectivity index (χ1) is 12.1. The van der Waals surface area contributed by atoms with Crippen molar-refractivity contribution in [1.82, 2.24) is 10.6 Å². The predicted molar refractivity (Wildman–Crippen MR) is 105 cm³/mol. The van der Waals surface area contributed by atoms with Crippen LogP contribution in [0.15, 0.2) is 12.2 Å². The van der Waals surface area contributed by atoms with Gasteiger partial charge in [-0.2, -0.15) is 0 Å². The molecule has 0 heterocycles. The molecule has 1 atom stereocenters. The molecule has 0 saturated carbocycles. The van der Waals surface area contributed by atoms with E-state index in [9.17, 15) is 14.4 Å². The topological polar surface area (TPSA) is 101 Å². The molecule has 0 aliphatic rings. The number of unbranched alkanes of at least 4 members (excludes halogenated alkanes) is 4. The molecule has 0 aliphatic heterocycles. The van der Waals surface area contributed by atoms with Crippen LogP contribution in [0.1, 0.15) is 79.1 Å². The molecule has 6 heteroatoms. The highest BCUT2D eigenvalue weighted by Gasteiger charge is 2.15. The van der Waals surface area contributed by atoms with Crippen molar-refractivity contribution in [3.63, 3.8) is 0 Å². The monoisotopic (exact) mass is 367 g/mol. The number of hydrogen-bond donors (Lipinski definition) is 3. The van der Waals surface area contributed by atoms with Gasteiger partial charge >= 0.3 is 0 Å². The fourth-order valence-corrected chi connectivity index (χ4v) is 2.52. The van der Waals surface area contributed by atoms with E-state index in [4.69, 9.17) is 5.73 Å². The van der Waals surface area contributed by atoms with E-state index < -0.39 is 5.91 Å². The third-order valence-electron chi connectivity index (χ3n) is 3.86. The van der Waals surface area contributed by atoms with Crippen LogP contribution in [-0.2, 0) is 14.4 Å². The van der Waals surface area contributed by atoms with E-state index in [0.29, 0.717) is 25.8 Å². The third-order valence-corrected chi connectivity index (χ3v) is 3.86. The van der Waals surface area contributed by atoms with Gasteiger partial charge in [-0.25, -0.2) is 0 Å². The molecule has 0 fully saturated rings. The SMILES string of the molecule is CCCCCCCC(=O)NCC(/C=C\C(N)=O)CCC(=O)NC(C)(C)C. The minimum atomic E-state index is -0.531. The molecule has 0 rings (SSSR count). The molecule has 0 spiro atoms. The van der Waals surface area contributed by atoms with Crippen molar-refractivity contribution in [1.29, 1.82) is 0 Å². The standard InChI is InChI=1S/C20H37N3O3/c1-5-6-7-8-9-10-18(25)22-15-16(11-13-17(21)24)12-14-19(26)23-20(2,3)4/h11,13,16H,5-10,12,14-15H2,1-4H3,(H2,21,24)(H,22,25)(H,23,26)/b13-11-. The van der Waals surface area contributed by atoms with Crippen molar-refractivity contribution in [2.75, 3.05) is 6.54 Å². The van der Waals surface area contributed by atoms with Crippen LogP contribution >= 0.6 is 0 Å². The summed E-state index contributed by atoms with van der Waals surface area (Å²) in [5.74, 6) is -0.663. The number of nitrogens with two attached hydrogens (primary N) is 1. The molecule has 0 aromatic heterocycles. The molecule has 0 aromatic rings. The second kappa shape index (κ2) is 13.4. The Bertz CT molecular complexity index is 467. The fourth-order valence-electron chi connectivity index (χ4n) is 2.52. The Hall–Kier alpha value is -1.85. The van der Waals surface area contributed by atoms with Crippen LogP contribution in [0.4, 0.5) is 0 Å². The molecule has 150 valence electrons. The minimum absolute atomic E-state index is 0.0121. The summed E-state index contributed by atoms with van der Waals surface area (Å²) < 4.78 is 0. The Morgan fingerprint density at radius 1 is 1.00 bits per heavy atom. The van der Waals surface area contributed by atoms with Gasteiger partial charge in [-0.15, -0.1) is 0 Å². The van der Waals surface area contributed by atoms with Gasteiger partial charge in [0.1, 0.15) is 0 Å². The second-order valence-electron chi connectivity index (χ2n) is 7.83. The number of primary amides is 1. The highest BCUT2D eigenvalue weighted by atomic mass is 16.2. The zero-order chi connectivity index (χ0) is 20.0. The lowest BCUT2D eigenvalue weighted by atomic mass is 10.0. The summed E-state index contributed by atoms with van der Waals surface area (Å²) in [6, 6.07) is 0. The summed E-state index contributed by atoms with van der Waals surface area (Å²) in [4.78, 5) is 34.9. The number of carbonyl (C=O) groups excluding carboxylic acids is 3. The largest absolute Gasteiger partial charge is 0.366 e. The first kappa shape index (κ1) is 24.1. The molecule has 3 amide bonds. The van der Waals surface area contributed by atoms with E-state index in [-0.39, 0.29) is 23.3 Å². The van der Waals surface area contributed by atoms with Crippen LogP contribution in [0.2, 0.25) is 0 Å². The summed E-state index contributed by atoms with van der Waals surface area (Å²) in [5, 5.41) is 5.80. The van der Waals surface area contributed by atoms with Gasteiger partial charge in [0.2, 0.25) is 17.7 Å². The van der Waals surface area contributed by atoms with Crippen LogP contribution in [0.5, 0.6) is 0 Å². The first-order valence-electron chi connectivity index (χ1n) is 9.69. The Kier molecular flexibility index (Phi) is 12.4. The maximum absolute atomic E-state index is 12.0. The Labute approximate surface area is 158 Å². The van der Waals surface area contributed by atoms with E-state index >= 15 is 0 Å². The van der Waals surface area contributed by atoms with E-state index in [1.54, 1.807) is 6.08 Å². The van der Waals surface area contributed by atoms with Crippen molar-refractivity contribution in [3.05, 3.63) is 12.2 Å². The fraction of sp³-hybridized carbons (Fsp3) is 0.750. The second-order valence-corrected chi connectivity index (χ2v) is 7.83. The molecule has 26 heavy (non-hydrogen) atoms. The van der Waals surface area contributed by atoms with Crippen LogP contribution in [0.3, 0.4) is 0 Å². The van der Waals surface area contributed by atoms with Crippen molar-refractivity contribution in [3.8, 4) is 0 Å². The Balaban J connectivity index is 4.32. The quantitative estimate of drug-likeness (QED) is 0.344. The smallest absolute Gasteiger partial charge is 0.241 e. The molecule has 0 aromatic carbocycles. The van der Waals surface area contributed by atoms with Crippen LogP contribution in [0.25, 0.3) is 0 Å². The molecule has 6 nitrogen and oxygen atoms in total. The van der Waals surface area contributed by atoms with Crippen molar-refractivity contribution >= 4 is 17.7 Å². The normalized spacial score (nSPS) is 12.8. The first-order valence-corrected chi connectivity index (χ1v) is 9.69. The van der Waals surface area contributed by atoms with E-state index in [0.717, 1.165) is 19.3 Å². The van der Waals surface area contributed by atoms with Gasteiger partial charge < -0.3 is 16.4 Å². The maximum atomic E-state index is 12.0. The summed E-state index contributed by atoms with van der Waals surface area (Å²) >= 11 is 0. The van der Waals surface area contributed by atoms with Crippen molar-refractivity contribution in [2.24, 2.45) is 11.7 Å². The summed E-state index contributed by atoms with van der Waals surface area (Å²) in [5.41, 5.74) is 4.87. The lowest BCUT2D eigenvalue weighted by molar-refractivity contribution is -0.122. The van der Waals surface area contributed by atoms with Gasteiger partial charge in [-0.1, -0.05) is 38.7 Å². The highest BCUT2D eigenvalue weighted by molar-refractivity contribution is 5.85. The van der Waals surface area contributed by atoms with Gasteiger partial charge in [0, 0.05) is 24.9 Å². The summed E-state index contributed by atoms with van der Waals surface area (Å²) in [6.07, 6.45) is 9.87. The number of hydrogen-bond acceptors (Lipinski definition) is 3. The van der Waals surface area contributed by atoms with E-state index in [2.05, 4.69) is 17.6 Å². The van der Waals surface area contributed by atoms with E-state index in [1.165, 1.54) is 18.9 Å².